The van der Waals surface area contributed by atoms with E-state index < -0.39 is 0 Å². The summed E-state index contributed by atoms with van der Waals surface area (Å²) in [4.78, 5) is 8.46. The van der Waals surface area contributed by atoms with E-state index in [0.717, 1.165) is 15.7 Å². The van der Waals surface area contributed by atoms with Crippen LogP contribution in [-0.4, -0.2) is 9.97 Å². The molecule has 2 nitrogen and oxygen atoms in total. The van der Waals surface area contributed by atoms with Crippen LogP contribution in [0.15, 0.2) is 17.0 Å². The predicted molar refractivity (Wildman–Crippen MR) is 52.8 cm³/mol. The molecule has 0 saturated carbocycles. The zero-order chi connectivity index (χ0) is 8.39. The number of thiazole rings is 2. The molecule has 5 heteroatoms. The lowest BCUT2D eigenvalue weighted by Crippen LogP contribution is -1.77. The minimum atomic E-state index is 0.474. The number of hydrogen-bond donors (Lipinski definition) is 0. The van der Waals surface area contributed by atoms with E-state index in [1.807, 2.05) is 10.8 Å². The van der Waals surface area contributed by atoms with Crippen molar-refractivity contribution < 1.29 is 0 Å². The van der Waals surface area contributed by atoms with Crippen LogP contribution in [0.1, 0.15) is 5.69 Å². The van der Waals surface area contributed by atoms with Gasteiger partial charge in [0, 0.05) is 17.0 Å². The second-order valence-corrected chi connectivity index (χ2v) is 4.13. The summed E-state index contributed by atoms with van der Waals surface area (Å²) in [6.07, 6.45) is 1.78. The van der Waals surface area contributed by atoms with Crippen molar-refractivity contribution in [2.75, 3.05) is 0 Å². The number of rotatable bonds is 2. The summed E-state index contributed by atoms with van der Waals surface area (Å²) in [6.45, 7) is 0. The summed E-state index contributed by atoms with van der Waals surface area (Å²) >= 11 is 8.81. The molecule has 0 spiro atoms. The smallest absolute Gasteiger partial charge is 0.152 e. The fraction of sp³-hybridized carbons (Fsp3) is 0.143. The monoisotopic (exact) mass is 216 g/mol. The van der Waals surface area contributed by atoms with Gasteiger partial charge in [0.2, 0.25) is 0 Å². The molecule has 0 N–H and O–H groups in total. The van der Waals surface area contributed by atoms with Gasteiger partial charge < -0.3 is 0 Å². The van der Waals surface area contributed by atoms with Crippen LogP contribution in [0.4, 0.5) is 0 Å². The summed E-state index contributed by atoms with van der Waals surface area (Å²) < 4.78 is 0. The standard InChI is InChI=1S/C7H5ClN2S2/c8-3-5-4-12-7(10-5)6-9-1-2-11-6/h1-2,4H,3H2. The van der Waals surface area contributed by atoms with Crippen LogP contribution < -0.4 is 0 Å². The molecule has 0 aromatic carbocycles. The Morgan fingerprint density at radius 1 is 1.33 bits per heavy atom. The predicted octanol–water partition coefficient (Wildman–Crippen LogP) is 3.01. The molecule has 0 atom stereocenters. The largest absolute Gasteiger partial charge is 0.242 e. The molecule has 12 heavy (non-hydrogen) atoms. The van der Waals surface area contributed by atoms with Crippen LogP contribution in [0, 0.1) is 0 Å². The molecule has 0 aliphatic heterocycles. The Morgan fingerprint density at radius 2 is 2.25 bits per heavy atom. The Labute approximate surface area is 82.9 Å². The molecule has 0 unspecified atom stereocenters. The maximum Gasteiger partial charge on any atom is 0.152 e. The van der Waals surface area contributed by atoms with Gasteiger partial charge in [0.05, 0.1) is 11.6 Å². The normalized spacial score (nSPS) is 10.4. The van der Waals surface area contributed by atoms with Crippen molar-refractivity contribution in [3.05, 3.63) is 22.7 Å². The second kappa shape index (κ2) is 3.51. The number of hydrogen-bond acceptors (Lipinski definition) is 4. The van der Waals surface area contributed by atoms with E-state index in [2.05, 4.69) is 9.97 Å². The van der Waals surface area contributed by atoms with E-state index in [1.165, 1.54) is 0 Å². The Bertz CT molecular complexity index is 355. The Kier molecular flexibility index (Phi) is 2.39. The third kappa shape index (κ3) is 1.50. The van der Waals surface area contributed by atoms with Gasteiger partial charge in [-0.2, -0.15) is 0 Å². The number of alkyl halides is 1. The topological polar surface area (TPSA) is 25.8 Å². The fourth-order valence-corrected chi connectivity index (χ4v) is 2.54. The van der Waals surface area contributed by atoms with Gasteiger partial charge in [-0.05, 0) is 0 Å². The molecule has 0 bridgehead atoms. The van der Waals surface area contributed by atoms with Gasteiger partial charge in [0.1, 0.15) is 0 Å². The SMILES string of the molecule is ClCc1csc(-c2nccs2)n1. The summed E-state index contributed by atoms with van der Waals surface area (Å²) in [6, 6.07) is 0. The van der Waals surface area contributed by atoms with Crippen LogP contribution in [0.2, 0.25) is 0 Å². The van der Waals surface area contributed by atoms with E-state index in [1.54, 1.807) is 28.9 Å². The van der Waals surface area contributed by atoms with Gasteiger partial charge in [-0.15, -0.1) is 34.3 Å². The zero-order valence-corrected chi connectivity index (χ0v) is 8.42. The minimum absolute atomic E-state index is 0.474. The first-order valence-electron chi connectivity index (χ1n) is 3.30. The van der Waals surface area contributed by atoms with Gasteiger partial charge >= 0.3 is 0 Å². The van der Waals surface area contributed by atoms with Crippen LogP contribution in [0.3, 0.4) is 0 Å². The molecular formula is C7H5ClN2S2. The fourth-order valence-electron chi connectivity index (χ4n) is 0.796. The first-order chi connectivity index (χ1) is 5.90. The number of aromatic nitrogens is 2. The van der Waals surface area contributed by atoms with Crippen LogP contribution in [0.5, 0.6) is 0 Å². The average molecular weight is 217 g/mol. The highest BCUT2D eigenvalue weighted by Gasteiger charge is 2.05. The van der Waals surface area contributed by atoms with Gasteiger partial charge in [-0.25, -0.2) is 9.97 Å². The van der Waals surface area contributed by atoms with Crippen molar-refractivity contribution in [2.45, 2.75) is 5.88 Å². The molecule has 0 aliphatic rings. The highest BCUT2D eigenvalue weighted by atomic mass is 35.5. The third-order valence-corrected chi connectivity index (χ3v) is 3.38. The Hall–Kier alpha value is -0.450. The molecule has 62 valence electrons. The molecular weight excluding hydrogens is 212 g/mol. The summed E-state index contributed by atoms with van der Waals surface area (Å²) in [5.41, 5.74) is 0.923. The Balaban J connectivity index is 2.35. The van der Waals surface area contributed by atoms with Crippen molar-refractivity contribution in [3.63, 3.8) is 0 Å². The summed E-state index contributed by atoms with van der Waals surface area (Å²) in [7, 11) is 0. The van der Waals surface area contributed by atoms with Gasteiger partial charge in [-0.1, -0.05) is 0 Å². The molecule has 0 radical (unpaired) electrons. The van der Waals surface area contributed by atoms with Crippen molar-refractivity contribution in [3.8, 4) is 10.0 Å². The van der Waals surface area contributed by atoms with Gasteiger partial charge in [-0.3, -0.25) is 0 Å². The highest BCUT2D eigenvalue weighted by Crippen LogP contribution is 2.25. The Morgan fingerprint density at radius 3 is 2.83 bits per heavy atom. The van der Waals surface area contributed by atoms with E-state index in [9.17, 15) is 0 Å². The maximum atomic E-state index is 5.63. The first kappa shape index (κ1) is 8.16. The lowest BCUT2D eigenvalue weighted by Gasteiger charge is -1.84. The average Bonchev–Trinajstić information content (AvgIpc) is 2.75. The van der Waals surface area contributed by atoms with Crippen LogP contribution in [0.25, 0.3) is 10.0 Å². The van der Waals surface area contributed by atoms with Crippen molar-refractivity contribution in [2.24, 2.45) is 0 Å². The highest BCUT2D eigenvalue weighted by molar-refractivity contribution is 7.19. The molecule has 2 heterocycles. The van der Waals surface area contributed by atoms with Crippen molar-refractivity contribution in [1.29, 1.82) is 0 Å². The van der Waals surface area contributed by atoms with E-state index in [0.29, 0.717) is 5.88 Å². The molecule has 2 aromatic rings. The maximum absolute atomic E-state index is 5.63. The molecule has 2 aromatic heterocycles. The number of nitrogens with zero attached hydrogens (tertiary/aromatic N) is 2. The van der Waals surface area contributed by atoms with Crippen molar-refractivity contribution in [1.82, 2.24) is 9.97 Å². The molecule has 2 rings (SSSR count). The van der Waals surface area contributed by atoms with Gasteiger partial charge in [0.15, 0.2) is 10.0 Å². The lowest BCUT2D eigenvalue weighted by molar-refractivity contribution is 1.22. The van der Waals surface area contributed by atoms with Crippen molar-refractivity contribution >= 4 is 34.3 Å². The van der Waals surface area contributed by atoms with E-state index >= 15 is 0 Å². The summed E-state index contributed by atoms with van der Waals surface area (Å²) in [5.74, 6) is 0.474. The number of halogens is 1. The van der Waals surface area contributed by atoms with Gasteiger partial charge in [0.25, 0.3) is 0 Å². The minimum Gasteiger partial charge on any atom is -0.242 e. The molecule has 0 saturated heterocycles. The van der Waals surface area contributed by atoms with Crippen LogP contribution >= 0.6 is 34.3 Å². The quantitative estimate of drug-likeness (QED) is 0.722. The molecule has 0 amide bonds. The van der Waals surface area contributed by atoms with E-state index in [-0.39, 0.29) is 0 Å². The van der Waals surface area contributed by atoms with E-state index in [4.69, 9.17) is 11.6 Å². The molecule has 0 fully saturated rings. The zero-order valence-electron chi connectivity index (χ0n) is 6.03. The first-order valence-corrected chi connectivity index (χ1v) is 5.60. The molecule has 0 aliphatic carbocycles. The van der Waals surface area contributed by atoms with Crippen LogP contribution in [-0.2, 0) is 5.88 Å². The third-order valence-electron chi connectivity index (χ3n) is 1.30. The summed E-state index contributed by atoms with van der Waals surface area (Å²) in [5, 5.41) is 5.83. The second-order valence-electron chi connectivity index (χ2n) is 2.11. The lowest BCUT2D eigenvalue weighted by atomic mass is 10.6.